The molecule has 4 aromatic rings. The predicted octanol–water partition coefficient (Wildman–Crippen LogP) is 7.18. The normalized spacial score (nSPS) is 12.6. The van der Waals surface area contributed by atoms with Gasteiger partial charge in [-0.05, 0) is 84.6 Å². The van der Waals surface area contributed by atoms with Crippen LogP contribution < -0.4 is 9.47 Å². The maximum Gasteiger partial charge on any atom is 0.207 e. The summed E-state index contributed by atoms with van der Waals surface area (Å²) >= 11 is -2.51. The molecule has 0 aliphatic carbocycles. The highest BCUT2D eigenvalue weighted by Crippen LogP contribution is 2.34. The molecule has 0 saturated carbocycles. The van der Waals surface area contributed by atoms with Gasteiger partial charge < -0.3 is 14.0 Å². The zero-order valence-electron chi connectivity index (χ0n) is 22.4. The summed E-state index contributed by atoms with van der Waals surface area (Å²) in [6.45, 7) is 8.63. The standard InChI is InChI=1S/C31H32O6S2/c1-5-22-7-9-23(10-8-22)31(3,4)24-11-13-25(14-12-24)37-26-15-18-28(19-16-26)39(34,35)30-20-17-27(36-6-2)21-29(30)38(32)33/h7-21H,5-6H2,1-4H3,(H,32,33). The topological polar surface area (TPSA) is 89.9 Å². The molecule has 0 radical (unpaired) electrons. The molecule has 4 rings (SSSR count). The van der Waals surface area contributed by atoms with Gasteiger partial charge in [-0.1, -0.05) is 57.2 Å². The van der Waals surface area contributed by atoms with E-state index in [1.54, 1.807) is 19.1 Å². The van der Waals surface area contributed by atoms with Crippen molar-refractivity contribution in [2.24, 2.45) is 0 Å². The molecule has 1 N–H and O–H groups in total. The summed E-state index contributed by atoms with van der Waals surface area (Å²) in [5.41, 5.74) is 3.50. The summed E-state index contributed by atoms with van der Waals surface area (Å²) < 4.78 is 59.4. The fraction of sp³-hybridized carbons (Fsp3) is 0.226. The van der Waals surface area contributed by atoms with E-state index in [4.69, 9.17) is 9.47 Å². The van der Waals surface area contributed by atoms with Crippen molar-refractivity contribution < 1.29 is 26.7 Å². The Kier molecular flexibility index (Phi) is 8.59. The van der Waals surface area contributed by atoms with Crippen LogP contribution >= 0.6 is 0 Å². The molecule has 0 aliphatic rings. The molecule has 0 spiro atoms. The van der Waals surface area contributed by atoms with Crippen LogP contribution in [0.2, 0.25) is 0 Å². The molecule has 0 heterocycles. The SMILES string of the molecule is CCOc1ccc(S(=O)(=O)c2ccc(Oc3ccc(C(C)(C)c4ccc(CC)cc4)cc3)cc2)c(S(=O)O)c1. The van der Waals surface area contributed by atoms with E-state index in [1.807, 2.05) is 24.3 Å². The van der Waals surface area contributed by atoms with Crippen LogP contribution in [0, 0.1) is 0 Å². The summed E-state index contributed by atoms with van der Waals surface area (Å²) in [7, 11) is -4.05. The quantitative estimate of drug-likeness (QED) is 0.205. The fourth-order valence-electron chi connectivity index (χ4n) is 4.32. The van der Waals surface area contributed by atoms with E-state index in [-0.39, 0.29) is 20.1 Å². The van der Waals surface area contributed by atoms with Gasteiger partial charge in [0, 0.05) is 5.41 Å². The van der Waals surface area contributed by atoms with Gasteiger partial charge in [-0.15, -0.1) is 0 Å². The van der Waals surface area contributed by atoms with Gasteiger partial charge in [-0.2, -0.15) is 0 Å². The van der Waals surface area contributed by atoms with Gasteiger partial charge in [-0.3, -0.25) is 0 Å². The highest BCUT2D eigenvalue weighted by atomic mass is 32.2. The third-order valence-electron chi connectivity index (χ3n) is 6.73. The maximum absolute atomic E-state index is 13.3. The molecule has 204 valence electrons. The Morgan fingerprint density at radius 3 is 1.79 bits per heavy atom. The van der Waals surface area contributed by atoms with E-state index in [2.05, 4.69) is 45.0 Å². The minimum Gasteiger partial charge on any atom is -0.494 e. The summed E-state index contributed by atoms with van der Waals surface area (Å²) in [4.78, 5) is -0.495. The highest BCUT2D eigenvalue weighted by molar-refractivity contribution is 7.92. The Morgan fingerprint density at radius 2 is 1.28 bits per heavy atom. The van der Waals surface area contributed by atoms with Crippen LogP contribution in [0.25, 0.3) is 0 Å². The van der Waals surface area contributed by atoms with Crippen molar-refractivity contribution in [3.8, 4) is 17.2 Å². The number of rotatable bonds is 10. The van der Waals surface area contributed by atoms with Crippen LogP contribution in [-0.2, 0) is 32.8 Å². The van der Waals surface area contributed by atoms with Crippen LogP contribution in [0.1, 0.15) is 44.4 Å². The lowest BCUT2D eigenvalue weighted by Gasteiger charge is -2.26. The first kappa shape index (κ1) is 28.5. The zero-order valence-corrected chi connectivity index (χ0v) is 24.0. The molecule has 0 aliphatic heterocycles. The van der Waals surface area contributed by atoms with Crippen molar-refractivity contribution in [2.75, 3.05) is 6.61 Å². The Balaban J connectivity index is 1.52. The first-order valence-electron chi connectivity index (χ1n) is 12.7. The minimum atomic E-state index is -4.05. The molecular formula is C31H32O6S2. The van der Waals surface area contributed by atoms with E-state index in [0.717, 1.165) is 12.0 Å². The number of benzene rings is 4. The van der Waals surface area contributed by atoms with E-state index >= 15 is 0 Å². The van der Waals surface area contributed by atoms with E-state index in [1.165, 1.54) is 41.5 Å². The number of aryl methyl sites for hydroxylation is 1. The van der Waals surface area contributed by atoms with Crippen molar-refractivity contribution in [1.82, 2.24) is 0 Å². The molecule has 0 fully saturated rings. The van der Waals surface area contributed by atoms with Crippen LogP contribution in [0.4, 0.5) is 0 Å². The van der Waals surface area contributed by atoms with Crippen LogP contribution in [0.5, 0.6) is 17.2 Å². The highest BCUT2D eigenvalue weighted by Gasteiger charge is 2.25. The molecule has 1 unspecified atom stereocenters. The molecular weight excluding hydrogens is 532 g/mol. The number of ether oxygens (including phenoxy) is 2. The van der Waals surface area contributed by atoms with Gasteiger partial charge in [0.1, 0.15) is 17.2 Å². The molecule has 0 amide bonds. The minimum absolute atomic E-state index is 0.0168. The van der Waals surface area contributed by atoms with Gasteiger partial charge in [0.15, 0.2) is 11.1 Å². The molecule has 39 heavy (non-hydrogen) atoms. The summed E-state index contributed by atoms with van der Waals surface area (Å²) in [5.74, 6) is 1.41. The lowest BCUT2D eigenvalue weighted by molar-refractivity contribution is 0.339. The van der Waals surface area contributed by atoms with Crippen LogP contribution in [0.15, 0.2) is 106 Å². The molecule has 1 atom stereocenters. The van der Waals surface area contributed by atoms with Gasteiger partial charge in [0.2, 0.25) is 9.84 Å². The molecule has 0 aromatic heterocycles. The second kappa shape index (κ2) is 11.7. The first-order chi connectivity index (χ1) is 18.6. The third-order valence-corrected chi connectivity index (χ3v) is 9.40. The number of hydrogen-bond donors (Lipinski definition) is 1. The zero-order chi connectivity index (χ0) is 28.2. The van der Waals surface area contributed by atoms with Gasteiger partial charge in [0.25, 0.3) is 0 Å². The van der Waals surface area contributed by atoms with Crippen LogP contribution in [0.3, 0.4) is 0 Å². The Morgan fingerprint density at radius 1 is 0.769 bits per heavy atom. The first-order valence-corrected chi connectivity index (χ1v) is 15.3. The van der Waals surface area contributed by atoms with Crippen molar-refractivity contribution in [2.45, 2.75) is 54.2 Å². The van der Waals surface area contributed by atoms with Crippen molar-refractivity contribution in [3.05, 3.63) is 108 Å². The summed E-state index contributed by atoms with van der Waals surface area (Å²) in [6.07, 6.45) is 1.01. The Bertz CT molecular complexity index is 1560. The van der Waals surface area contributed by atoms with Gasteiger partial charge in [0.05, 0.1) is 21.3 Å². The summed E-state index contributed by atoms with van der Waals surface area (Å²) in [5, 5.41) is 0. The fourth-order valence-corrected chi connectivity index (χ4v) is 6.64. The van der Waals surface area contributed by atoms with E-state index in [0.29, 0.717) is 23.9 Å². The van der Waals surface area contributed by atoms with Crippen molar-refractivity contribution in [3.63, 3.8) is 0 Å². The number of sulfone groups is 1. The second-order valence-corrected chi connectivity index (χ2v) is 12.4. The maximum atomic E-state index is 13.3. The van der Waals surface area contributed by atoms with E-state index in [9.17, 15) is 17.2 Å². The van der Waals surface area contributed by atoms with Crippen molar-refractivity contribution in [1.29, 1.82) is 0 Å². The van der Waals surface area contributed by atoms with Crippen LogP contribution in [-0.4, -0.2) is 23.8 Å². The largest absolute Gasteiger partial charge is 0.494 e. The molecule has 0 saturated heterocycles. The average molecular weight is 565 g/mol. The monoisotopic (exact) mass is 564 g/mol. The average Bonchev–Trinajstić information content (AvgIpc) is 2.93. The number of hydrogen-bond acceptors (Lipinski definition) is 5. The van der Waals surface area contributed by atoms with Gasteiger partial charge in [-0.25, -0.2) is 12.6 Å². The molecule has 8 heteroatoms. The second-order valence-electron chi connectivity index (χ2n) is 9.57. The lowest BCUT2D eigenvalue weighted by Crippen LogP contribution is -2.18. The molecule has 0 bridgehead atoms. The molecule has 4 aromatic carbocycles. The predicted molar refractivity (Wildman–Crippen MR) is 153 cm³/mol. The van der Waals surface area contributed by atoms with Gasteiger partial charge >= 0.3 is 0 Å². The van der Waals surface area contributed by atoms with E-state index < -0.39 is 20.9 Å². The summed E-state index contributed by atoms with van der Waals surface area (Å²) in [6, 6.07) is 26.5. The molecule has 6 nitrogen and oxygen atoms in total. The Hall–Kier alpha value is -3.46. The smallest absolute Gasteiger partial charge is 0.207 e. The van der Waals surface area contributed by atoms with Crippen molar-refractivity contribution >= 4 is 20.9 Å². The lowest BCUT2D eigenvalue weighted by atomic mass is 9.78. The third kappa shape index (κ3) is 6.24. The Labute approximate surface area is 232 Å².